The van der Waals surface area contributed by atoms with Gasteiger partial charge in [-0.05, 0) is 30.3 Å². The first-order valence-electron chi connectivity index (χ1n) is 7.65. The SMILES string of the molecule is N#Cc1cccc(N2CCC3=C(C2)NC(c2ccccn2)O3)c1. The van der Waals surface area contributed by atoms with Crippen LogP contribution in [0.5, 0.6) is 0 Å². The number of nitrogens with one attached hydrogen (secondary N) is 1. The van der Waals surface area contributed by atoms with Gasteiger partial charge >= 0.3 is 0 Å². The van der Waals surface area contributed by atoms with Crippen LogP contribution >= 0.6 is 0 Å². The van der Waals surface area contributed by atoms with Crippen LogP contribution in [0.15, 0.2) is 60.1 Å². The molecule has 114 valence electrons. The molecule has 2 aliphatic heterocycles. The molecule has 5 heteroatoms. The maximum Gasteiger partial charge on any atom is 0.212 e. The van der Waals surface area contributed by atoms with E-state index in [1.807, 2.05) is 42.5 Å². The highest BCUT2D eigenvalue weighted by atomic mass is 16.5. The molecule has 1 aromatic heterocycles. The first-order valence-corrected chi connectivity index (χ1v) is 7.65. The first kappa shape index (κ1) is 13.6. The lowest BCUT2D eigenvalue weighted by Gasteiger charge is -2.28. The molecule has 4 rings (SSSR count). The number of hydrogen-bond donors (Lipinski definition) is 1. The Morgan fingerprint density at radius 2 is 2.22 bits per heavy atom. The predicted molar refractivity (Wildman–Crippen MR) is 86.2 cm³/mol. The van der Waals surface area contributed by atoms with Crippen molar-refractivity contribution in [3.8, 4) is 6.07 Å². The Morgan fingerprint density at radius 3 is 3.04 bits per heavy atom. The number of aromatic nitrogens is 1. The molecule has 3 heterocycles. The Morgan fingerprint density at radius 1 is 1.26 bits per heavy atom. The van der Waals surface area contributed by atoms with Crippen molar-refractivity contribution in [2.75, 3.05) is 18.0 Å². The van der Waals surface area contributed by atoms with Gasteiger partial charge in [-0.15, -0.1) is 0 Å². The van der Waals surface area contributed by atoms with Crippen molar-refractivity contribution < 1.29 is 4.74 Å². The Balaban J connectivity index is 1.51. The highest BCUT2D eigenvalue weighted by Gasteiger charge is 2.31. The fraction of sp³-hybridized carbons (Fsp3) is 0.222. The summed E-state index contributed by atoms with van der Waals surface area (Å²) < 4.78 is 6.01. The third-order valence-corrected chi connectivity index (χ3v) is 4.16. The van der Waals surface area contributed by atoms with Crippen LogP contribution in [-0.2, 0) is 4.74 Å². The lowest BCUT2D eigenvalue weighted by atomic mass is 10.1. The van der Waals surface area contributed by atoms with Gasteiger partial charge in [0.2, 0.25) is 6.23 Å². The molecule has 0 bridgehead atoms. The number of ether oxygens (including phenoxy) is 1. The second-order valence-electron chi connectivity index (χ2n) is 5.63. The highest BCUT2D eigenvalue weighted by Crippen LogP contribution is 2.32. The molecule has 2 aromatic rings. The minimum Gasteiger partial charge on any atom is -0.467 e. The summed E-state index contributed by atoms with van der Waals surface area (Å²) in [5.41, 5.74) is 3.75. The summed E-state index contributed by atoms with van der Waals surface area (Å²) in [6, 6.07) is 15.7. The number of hydrogen-bond acceptors (Lipinski definition) is 5. The van der Waals surface area contributed by atoms with E-state index >= 15 is 0 Å². The fourth-order valence-electron chi connectivity index (χ4n) is 2.99. The fourth-order valence-corrected chi connectivity index (χ4v) is 2.99. The summed E-state index contributed by atoms with van der Waals surface area (Å²) in [4.78, 5) is 6.62. The molecule has 0 saturated carbocycles. The van der Waals surface area contributed by atoms with Gasteiger partial charge in [-0.25, -0.2) is 0 Å². The second kappa shape index (κ2) is 5.65. The Hall–Kier alpha value is -3.00. The molecule has 1 unspecified atom stereocenters. The summed E-state index contributed by atoms with van der Waals surface area (Å²) in [6.07, 6.45) is 2.42. The third-order valence-electron chi connectivity index (χ3n) is 4.16. The zero-order valence-electron chi connectivity index (χ0n) is 12.6. The second-order valence-corrected chi connectivity index (χ2v) is 5.63. The summed E-state index contributed by atoms with van der Waals surface area (Å²) >= 11 is 0. The van der Waals surface area contributed by atoms with Crippen LogP contribution in [-0.4, -0.2) is 18.1 Å². The van der Waals surface area contributed by atoms with E-state index in [0.717, 1.165) is 42.3 Å². The molecule has 0 radical (unpaired) electrons. The lowest BCUT2D eigenvalue weighted by molar-refractivity contribution is 0.120. The molecule has 0 aliphatic carbocycles. The first-order chi connectivity index (χ1) is 11.3. The van der Waals surface area contributed by atoms with Gasteiger partial charge in [0.15, 0.2) is 0 Å². The normalized spacial score (nSPS) is 19.6. The maximum absolute atomic E-state index is 9.05. The van der Waals surface area contributed by atoms with Gasteiger partial charge in [-0.1, -0.05) is 12.1 Å². The van der Waals surface area contributed by atoms with E-state index in [9.17, 15) is 0 Å². The topological polar surface area (TPSA) is 61.2 Å². The van der Waals surface area contributed by atoms with Crippen molar-refractivity contribution in [3.63, 3.8) is 0 Å². The smallest absolute Gasteiger partial charge is 0.212 e. The molecule has 0 saturated heterocycles. The van der Waals surface area contributed by atoms with Gasteiger partial charge in [0.1, 0.15) is 11.5 Å². The largest absolute Gasteiger partial charge is 0.467 e. The predicted octanol–water partition coefficient (Wildman–Crippen LogP) is 2.69. The average molecular weight is 304 g/mol. The monoisotopic (exact) mass is 304 g/mol. The Bertz CT molecular complexity index is 794. The quantitative estimate of drug-likeness (QED) is 0.924. The number of benzene rings is 1. The van der Waals surface area contributed by atoms with Crippen LogP contribution < -0.4 is 10.2 Å². The Kier molecular flexibility index (Phi) is 3.35. The van der Waals surface area contributed by atoms with E-state index in [2.05, 4.69) is 21.3 Å². The molecule has 2 aliphatic rings. The summed E-state index contributed by atoms with van der Waals surface area (Å²) in [5, 5.41) is 12.5. The molecule has 23 heavy (non-hydrogen) atoms. The molecule has 5 nitrogen and oxygen atoms in total. The van der Waals surface area contributed by atoms with Crippen LogP contribution in [0, 0.1) is 11.3 Å². The average Bonchev–Trinajstić information content (AvgIpc) is 3.06. The molecule has 0 fully saturated rings. The third kappa shape index (κ3) is 2.59. The Labute approximate surface area is 134 Å². The number of rotatable bonds is 2. The maximum atomic E-state index is 9.05. The summed E-state index contributed by atoms with van der Waals surface area (Å²) in [6.45, 7) is 1.64. The van der Waals surface area contributed by atoms with Crippen molar-refractivity contribution in [1.82, 2.24) is 10.3 Å². The van der Waals surface area contributed by atoms with E-state index in [0.29, 0.717) is 5.56 Å². The molecular formula is C18H16N4O. The van der Waals surface area contributed by atoms with E-state index in [1.54, 1.807) is 6.20 Å². The minimum atomic E-state index is -0.202. The van der Waals surface area contributed by atoms with Crippen LogP contribution in [0.25, 0.3) is 0 Å². The molecule has 1 N–H and O–H groups in total. The number of pyridine rings is 1. The summed E-state index contributed by atoms with van der Waals surface area (Å²) in [5.74, 6) is 1.02. The number of nitriles is 1. The molecule has 0 amide bonds. The van der Waals surface area contributed by atoms with Gasteiger partial charge in [0.25, 0.3) is 0 Å². The van der Waals surface area contributed by atoms with Crippen LogP contribution in [0.3, 0.4) is 0 Å². The van der Waals surface area contributed by atoms with Crippen molar-refractivity contribution in [2.24, 2.45) is 0 Å². The zero-order valence-corrected chi connectivity index (χ0v) is 12.6. The van der Waals surface area contributed by atoms with E-state index < -0.39 is 0 Å². The molecule has 0 spiro atoms. The molecule has 1 atom stereocenters. The van der Waals surface area contributed by atoms with Crippen molar-refractivity contribution in [2.45, 2.75) is 12.6 Å². The molecular weight excluding hydrogens is 288 g/mol. The van der Waals surface area contributed by atoms with Gasteiger partial charge in [0.05, 0.1) is 23.9 Å². The van der Waals surface area contributed by atoms with E-state index in [-0.39, 0.29) is 6.23 Å². The van der Waals surface area contributed by atoms with Crippen LogP contribution in [0.4, 0.5) is 5.69 Å². The van der Waals surface area contributed by atoms with Gasteiger partial charge in [0, 0.05) is 24.8 Å². The standard InChI is InChI=1S/C18H16N4O/c19-11-13-4-3-5-14(10-13)22-9-7-17-16(12-22)21-18(23-17)15-6-1-2-8-20-15/h1-6,8,10,18,21H,7,9,12H2. The van der Waals surface area contributed by atoms with Gasteiger partial charge < -0.3 is 15.0 Å². The number of anilines is 1. The lowest BCUT2D eigenvalue weighted by Crippen LogP contribution is -2.34. The van der Waals surface area contributed by atoms with Crippen molar-refractivity contribution >= 4 is 5.69 Å². The molecule has 1 aromatic carbocycles. The van der Waals surface area contributed by atoms with Crippen molar-refractivity contribution in [3.05, 3.63) is 71.4 Å². The minimum absolute atomic E-state index is 0.202. The van der Waals surface area contributed by atoms with E-state index in [4.69, 9.17) is 10.00 Å². The van der Waals surface area contributed by atoms with Crippen LogP contribution in [0.1, 0.15) is 23.9 Å². The zero-order chi connectivity index (χ0) is 15.6. The summed E-state index contributed by atoms with van der Waals surface area (Å²) in [7, 11) is 0. The number of nitrogens with zero attached hydrogens (tertiary/aromatic N) is 3. The van der Waals surface area contributed by atoms with Gasteiger partial charge in [-0.2, -0.15) is 5.26 Å². The van der Waals surface area contributed by atoms with Crippen LogP contribution in [0.2, 0.25) is 0 Å². The van der Waals surface area contributed by atoms with Crippen molar-refractivity contribution in [1.29, 1.82) is 5.26 Å². The highest BCUT2D eigenvalue weighted by molar-refractivity contribution is 5.53. The van der Waals surface area contributed by atoms with E-state index in [1.165, 1.54) is 0 Å². The van der Waals surface area contributed by atoms with Gasteiger partial charge in [-0.3, -0.25) is 4.98 Å².